The minimum atomic E-state index is 0.477. The molecule has 2 aliphatic rings. The van der Waals surface area contributed by atoms with Crippen molar-refractivity contribution in [2.24, 2.45) is 11.1 Å². The molecule has 2 heteroatoms. The minimum absolute atomic E-state index is 0.477. The highest BCUT2D eigenvalue weighted by atomic mass is 15.1. The molecule has 1 saturated carbocycles. The maximum Gasteiger partial charge on any atom is 0.00631 e. The Balaban J connectivity index is 1.76. The topological polar surface area (TPSA) is 29.3 Å². The van der Waals surface area contributed by atoms with Crippen LogP contribution >= 0.6 is 0 Å². The maximum atomic E-state index is 5.88. The Kier molecular flexibility index (Phi) is 2.61. The third kappa shape index (κ3) is 2.23. The van der Waals surface area contributed by atoms with Gasteiger partial charge in [-0.25, -0.2) is 0 Å². The van der Waals surface area contributed by atoms with E-state index in [-0.39, 0.29) is 0 Å². The summed E-state index contributed by atoms with van der Waals surface area (Å²) in [7, 11) is 0. The zero-order valence-corrected chi connectivity index (χ0v) is 8.76. The number of hydrogen-bond donors (Lipinski definition) is 1. The van der Waals surface area contributed by atoms with Crippen molar-refractivity contribution in [2.45, 2.75) is 45.1 Å². The van der Waals surface area contributed by atoms with Gasteiger partial charge >= 0.3 is 0 Å². The summed E-state index contributed by atoms with van der Waals surface area (Å²) < 4.78 is 0. The number of rotatable bonds is 2. The zero-order chi connectivity index (χ0) is 9.31. The Hall–Kier alpha value is -0.0800. The van der Waals surface area contributed by atoms with Gasteiger partial charge in [0.15, 0.2) is 0 Å². The fourth-order valence-corrected chi connectivity index (χ4v) is 2.59. The molecule has 0 amide bonds. The molecule has 1 heterocycles. The monoisotopic (exact) mass is 182 g/mol. The maximum absolute atomic E-state index is 5.88. The van der Waals surface area contributed by atoms with E-state index in [1.54, 1.807) is 0 Å². The largest absolute Gasteiger partial charge is 0.328 e. The Bertz CT molecular complexity index is 167. The number of piperidine rings is 1. The lowest BCUT2D eigenvalue weighted by molar-refractivity contribution is 0.0711. The molecule has 13 heavy (non-hydrogen) atoms. The first-order chi connectivity index (χ1) is 6.18. The summed E-state index contributed by atoms with van der Waals surface area (Å²) in [5.41, 5.74) is 6.53. The number of hydrogen-bond acceptors (Lipinski definition) is 2. The van der Waals surface area contributed by atoms with Crippen LogP contribution in [0.1, 0.15) is 39.0 Å². The quantitative estimate of drug-likeness (QED) is 0.703. The lowest BCUT2D eigenvalue weighted by Crippen LogP contribution is -2.46. The van der Waals surface area contributed by atoms with E-state index in [1.807, 2.05) is 0 Å². The smallest absolute Gasteiger partial charge is 0.00631 e. The van der Waals surface area contributed by atoms with Crippen LogP contribution in [-0.4, -0.2) is 30.6 Å². The van der Waals surface area contributed by atoms with E-state index >= 15 is 0 Å². The standard InChI is InChI=1S/C11H22N2/c1-11(5-2-6-11)9-13-7-3-10(12)4-8-13/h10H,2-9,12H2,1H3. The molecule has 2 rings (SSSR count). The van der Waals surface area contributed by atoms with Crippen molar-refractivity contribution in [1.82, 2.24) is 4.90 Å². The van der Waals surface area contributed by atoms with Gasteiger partial charge in [0.2, 0.25) is 0 Å². The zero-order valence-electron chi connectivity index (χ0n) is 8.76. The van der Waals surface area contributed by atoms with Crippen molar-refractivity contribution in [1.29, 1.82) is 0 Å². The number of nitrogens with zero attached hydrogens (tertiary/aromatic N) is 1. The fraction of sp³-hybridized carbons (Fsp3) is 1.00. The third-order valence-corrected chi connectivity index (χ3v) is 3.80. The predicted octanol–water partition coefficient (Wildman–Crippen LogP) is 1.60. The molecule has 1 aliphatic carbocycles. The molecule has 0 unspecified atom stereocenters. The van der Waals surface area contributed by atoms with Crippen molar-refractivity contribution >= 4 is 0 Å². The Morgan fingerprint density at radius 1 is 1.31 bits per heavy atom. The Labute approximate surface area is 81.5 Å². The highest BCUT2D eigenvalue weighted by Crippen LogP contribution is 2.41. The van der Waals surface area contributed by atoms with Crippen molar-refractivity contribution in [3.8, 4) is 0 Å². The van der Waals surface area contributed by atoms with Gasteiger partial charge in [-0.1, -0.05) is 13.3 Å². The number of likely N-dealkylation sites (tertiary alicyclic amines) is 1. The molecule has 2 nitrogen and oxygen atoms in total. The first-order valence-corrected chi connectivity index (χ1v) is 5.66. The summed E-state index contributed by atoms with van der Waals surface area (Å²) in [5, 5.41) is 0. The van der Waals surface area contributed by atoms with Crippen LogP contribution in [0.2, 0.25) is 0 Å². The van der Waals surface area contributed by atoms with Gasteiger partial charge in [0.25, 0.3) is 0 Å². The average Bonchev–Trinajstić information content (AvgIpc) is 2.06. The second-order valence-electron chi connectivity index (χ2n) is 5.28. The first kappa shape index (κ1) is 9.47. The summed E-state index contributed by atoms with van der Waals surface area (Å²) in [6.07, 6.45) is 6.74. The summed E-state index contributed by atoms with van der Waals surface area (Å²) >= 11 is 0. The van der Waals surface area contributed by atoms with Crippen molar-refractivity contribution in [3.05, 3.63) is 0 Å². The molecule has 1 saturated heterocycles. The van der Waals surface area contributed by atoms with Crippen LogP contribution in [-0.2, 0) is 0 Å². The van der Waals surface area contributed by atoms with Gasteiger partial charge in [-0.3, -0.25) is 0 Å². The van der Waals surface area contributed by atoms with E-state index < -0.39 is 0 Å². The second-order valence-corrected chi connectivity index (χ2v) is 5.28. The third-order valence-electron chi connectivity index (χ3n) is 3.80. The van der Waals surface area contributed by atoms with Crippen molar-refractivity contribution in [2.75, 3.05) is 19.6 Å². The molecule has 2 N–H and O–H groups in total. The van der Waals surface area contributed by atoms with Crippen LogP contribution < -0.4 is 5.73 Å². The van der Waals surface area contributed by atoms with Crippen LogP contribution in [0.5, 0.6) is 0 Å². The van der Waals surface area contributed by atoms with Gasteiger partial charge in [0.05, 0.1) is 0 Å². The molecule has 0 aromatic carbocycles. The van der Waals surface area contributed by atoms with Gasteiger partial charge in [0, 0.05) is 12.6 Å². The molecular weight excluding hydrogens is 160 g/mol. The van der Waals surface area contributed by atoms with E-state index in [0.717, 1.165) is 0 Å². The second kappa shape index (κ2) is 3.58. The van der Waals surface area contributed by atoms with Gasteiger partial charge < -0.3 is 10.6 Å². The molecule has 0 spiro atoms. The van der Waals surface area contributed by atoms with Gasteiger partial charge in [-0.15, -0.1) is 0 Å². The van der Waals surface area contributed by atoms with E-state index in [0.29, 0.717) is 11.5 Å². The van der Waals surface area contributed by atoms with Crippen LogP contribution in [0.4, 0.5) is 0 Å². The van der Waals surface area contributed by atoms with Crippen LogP contribution in [0.25, 0.3) is 0 Å². The average molecular weight is 182 g/mol. The highest BCUT2D eigenvalue weighted by molar-refractivity contribution is 4.87. The Morgan fingerprint density at radius 3 is 2.38 bits per heavy atom. The molecular formula is C11H22N2. The van der Waals surface area contributed by atoms with Gasteiger partial charge in [-0.05, 0) is 44.2 Å². The molecule has 2 fully saturated rings. The van der Waals surface area contributed by atoms with Crippen LogP contribution in [0.3, 0.4) is 0 Å². The van der Waals surface area contributed by atoms with Gasteiger partial charge in [0.1, 0.15) is 0 Å². The summed E-state index contributed by atoms with van der Waals surface area (Å²) in [4.78, 5) is 2.61. The predicted molar refractivity (Wildman–Crippen MR) is 55.6 cm³/mol. The van der Waals surface area contributed by atoms with E-state index in [1.165, 1.54) is 51.7 Å². The summed E-state index contributed by atoms with van der Waals surface area (Å²) in [6, 6.07) is 0.477. The molecule has 0 atom stereocenters. The van der Waals surface area contributed by atoms with E-state index in [4.69, 9.17) is 5.73 Å². The SMILES string of the molecule is CC1(CN2CCC(N)CC2)CCC1. The normalized spacial score (nSPS) is 30.0. The molecule has 0 radical (unpaired) electrons. The molecule has 76 valence electrons. The fourth-order valence-electron chi connectivity index (χ4n) is 2.59. The van der Waals surface area contributed by atoms with Crippen molar-refractivity contribution in [3.63, 3.8) is 0 Å². The molecule has 0 aromatic rings. The van der Waals surface area contributed by atoms with E-state index in [9.17, 15) is 0 Å². The van der Waals surface area contributed by atoms with Crippen LogP contribution in [0, 0.1) is 5.41 Å². The lowest BCUT2D eigenvalue weighted by Gasteiger charge is -2.44. The Morgan fingerprint density at radius 2 is 1.92 bits per heavy atom. The first-order valence-electron chi connectivity index (χ1n) is 5.66. The highest BCUT2D eigenvalue weighted by Gasteiger charge is 2.34. The molecule has 0 bridgehead atoms. The lowest BCUT2D eigenvalue weighted by atomic mass is 9.70. The molecule has 1 aliphatic heterocycles. The van der Waals surface area contributed by atoms with Crippen LogP contribution in [0.15, 0.2) is 0 Å². The van der Waals surface area contributed by atoms with Crippen molar-refractivity contribution < 1.29 is 0 Å². The summed E-state index contributed by atoms with van der Waals surface area (Å²) in [5.74, 6) is 0. The summed E-state index contributed by atoms with van der Waals surface area (Å²) in [6.45, 7) is 6.22. The van der Waals surface area contributed by atoms with Gasteiger partial charge in [-0.2, -0.15) is 0 Å². The van der Waals surface area contributed by atoms with E-state index in [2.05, 4.69) is 11.8 Å². The molecule has 0 aromatic heterocycles. The minimum Gasteiger partial charge on any atom is -0.328 e. The number of nitrogens with two attached hydrogens (primary N) is 1.